The first-order chi connectivity index (χ1) is 26.8. The molecule has 4 heterocycles. The van der Waals surface area contributed by atoms with Gasteiger partial charge in [-0.05, 0) is 70.8 Å². The number of thiophene rings is 2. The van der Waals surface area contributed by atoms with Gasteiger partial charge in [-0.1, -0.05) is 109 Å². The number of hydrogen-bond acceptors (Lipinski definition) is 4. The molecule has 250 valence electrons. The Labute approximate surface area is 315 Å². The second kappa shape index (κ2) is 10.6. The fourth-order valence-electron chi connectivity index (χ4n) is 9.02. The molecule has 54 heavy (non-hydrogen) atoms. The molecule has 4 heteroatoms. The van der Waals surface area contributed by atoms with Crippen molar-refractivity contribution >= 4 is 128 Å². The SMILES string of the molecule is c1ccc2c(c1)oc1c3ccc4c5ccccc5sc4c3cc(-c3ccc(-c4cc5c(ccc6c7ccccc7sc65)c5oc6ccccc6c45)cc3)c21. The molecule has 0 spiro atoms. The van der Waals surface area contributed by atoms with Crippen LogP contribution in [0, 0.1) is 0 Å². The molecule has 4 aromatic heterocycles. The third-order valence-electron chi connectivity index (χ3n) is 11.5. The van der Waals surface area contributed by atoms with Crippen LogP contribution >= 0.6 is 22.7 Å². The predicted octanol–water partition coefficient (Wildman–Crippen LogP) is 15.9. The Hall–Kier alpha value is -6.46. The predicted molar refractivity (Wildman–Crippen MR) is 233 cm³/mol. The first kappa shape index (κ1) is 29.0. The molecule has 13 rings (SSSR count). The normalized spacial score (nSPS) is 12.4. The Morgan fingerprint density at radius 2 is 0.704 bits per heavy atom. The lowest BCUT2D eigenvalue weighted by molar-refractivity contribution is 0.672. The van der Waals surface area contributed by atoms with Gasteiger partial charge in [0, 0.05) is 83.4 Å². The average Bonchev–Trinajstić information content (AvgIpc) is 4.00. The standard InChI is InChI=1S/C50H26O2S2/c1-5-13-41-35(11-1)45-37(25-39-31(47(45)51-41)21-23-33-29-9-3-7-15-43(29)53-49(33)39)27-17-19-28(20-18-27)38-26-40-32(48-46(38)36-12-2-6-14-42(36)52-48)22-24-34-30-10-4-8-16-44(30)54-50(34)40/h1-26H. The van der Waals surface area contributed by atoms with Crippen molar-refractivity contribution in [2.24, 2.45) is 0 Å². The molecule has 0 fully saturated rings. The van der Waals surface area contributed by atoms with Crippen molar-refractivity contribution < 1.29 is 8.83 Å². The third kappa shape index (κ3) is 3.83. The van der Waals surface area contributed by atoms with Gasteiger partial charge in [-0.25, -0.2) is 0 Å². The van der Waals surface area contributed by atoms with Crippen molar-refractivity contribution in [2.45, 2.75) is 0 Å². The summed E-state index contributed by atoms with van der Waals surface area (Å²) in [4.78, 5) is 0. The van der Waals surface area contributed by atoms with E-state index in [9.17, 15) is 0 Å². The van der Waals surface area contributed by atoms with Crippen molar-refractivity contribution in [3.05, 3.63) is 158 Å². The molecule has 0 saturated heterocycles. The highest BCUT2D eigenvalue weighted by Gasteiger charge is 2.21. The summed E-state index contributed by atoms with van der Waals surface area (Å²) in [6.45, 7) is 0. The summed E-state index contributed by atoms with van der Waals surface area (Å²) in [7, 11) is 0. The van der Waals surface area contributed by atoms with Gasteiger partial charge < -0.3 is 8.83 Å². The van der Waals surface area contributed by atoms with E-state index in [0.29, 0.717) is 0 Å². The second-order valence-corrected chi connectivity index (χ2v) is 16.4. The number of furan rings is 2. The van der Waals surface area contributed by atoms with Crippen molar-refractivity contribution in [2.75, 3.05) is 0 Å². The average molecular weight is 723 g/mol. The van der Waals surface area contributed by atoms with E-state index in [2.05, 4.69) is 158 Å². The second-order valence-electron chi connectivity index (χ2n) is 14.3. The van der Waals surface area contributed by atoms with E-state index in [0.717, 1.165) is 65.8 Å². The van der Waals surface area contributed by atoms with Crippen LogP contribution in [0.4, 0.5) is 0 Å². The largest absolute Gasteiger partial charge is 0.455 e. The summed E-state index contributed by atoms with van der Waals surface area (Å²) in [6, 6.07) is 57.4. The quantitative estimate of drug-likeness (QED) is 0.178. The lowest BCUT2D eigenvalue weighted by Gasteiger charge is -2.11. The molecule has 0 atom stereocenters. The molecule has 0 bridgehead atoms. The Kier molecular flexibility index (Phi) is 5.69. The van der Waals surface area contributed by atoms with Gasteiger partial charge in [-0.2, -0.15) is 0 Å². The molecular formula is C50H26O2S2. The molecule has 13 aromatic rings. The number of para-hydroxylation sites is 2. The third-order valence-corrected chi connectivity index (χ3v) is 13.9. The van der Waals surface area contributed by atoms with E-state index in [1.807, 2.05) is 22.7 Å². The summed E-state index contributed by atoms with van der Waals surface area (Å²) in [5.74, 6) is 0. The van der Waals surface area contributed by atoms with Crippen molar-refractivity contribution in [3.8, 4) is 22.3 Å². The van der Waals surface area contributed by atoms with E-state index in [1.54, 1.807) is 0 Å². The van der Waals surface area contributed by atoms with Gasteiger partial charge in [-0.15, -0.1) is 22.7 Å². The Morgan fingerprint density at radius 1 is 0.315 bits per heavy atom. The summed E-state index contributed by atoms with van der Waals surface area (Å²) in [5, 5.41) is 14.5. The van der Waals surface area contributed by atoms with Crippen molar-refractivity contribution in [3.63, 3.8) is 0 Å². The van der Waals surface area contributed by atoms with Gasteiger partial charge in [-0.3, -0.25) is 0 Å². The fraction of sp³-hybridized carbons (Fsp3) is 0. The van der Waals surface area contributed by atoms with E-state index < -0.39 is 0 Å². The minimum atomic E-state index is 0.909. The van der Waals surface area contributed by atoms with Crippen LogP contribution in [-0.4, -0.2) is 0 Å². The number of rotatable bonds is 2. The first-order valence-electron chi connectivity index (χ1n) is 18.2. The van der Waals surface area contributed by atoms with Crippen molar-refractivity contribution in [1.29, 1.82) is 0 Å². The van der Waals surface area contributed by atoms with E-state index >= 15 is 0 Å². The summed E-state index contributed by atoms with van der Waals surface area (Å²) in [5.41, 5.74) is 8.40. The van der Waals surface area contributed by atoms with Crippen molar-refractivity contribution in [1.82, 2.24) is 0 Å². The molecule has 0 radical (unpaired) electrons. The lowest BCUT2D eigenvalue weighted by Crippen LogP contribution is -1.86. The Morgan fingerprint density at radius 3 is 1.17 bits per heavy atom. The van der Waals surface area contributed by atoms with Crippen LogP contribution in [0.1, 0.15) is 0 Å². The Bertz CT molecular complexity index is 3480. The molecule has 2 nitrogen and oxygen atoms in total. The van der Waals surface area contributed by atoms with Gasteiger partial charge in [0.1, 0.15) is 22.3 Å². The fourth-order valence-corrected chi connectivity index (χ4v) is 11.5. The highest BCUT2D eigenvalue weighted by atomic mass is 32.1. The maximum absolute atomic E-state index is 6.72. The zero-order valence-electron chi connectivity index (χ0n) is 28.6. The van der Waals surface area contributed by atoms with E-state index in [1.165, 1.54) is 62.2 Å². The van der Waals surface area contributed by atoms with Gasteiger partial charge >= 0.3 is 0 Å². The van der Waals surface area contributed by atoms with Gasteiger partial charge in [0.25, 0.3) is 0 Å². The Balaban J connectivity index is 1.08. The van der Waals surface area contributed by atoms with Crippen LogP contribution in [0.25, 0.3) is 128 Å². The smallest absolute Gasteiger partial charge is 0.143 e. The van der Waals surface area contributed by atoms with E-state index in [4.69, 9.17) is 8.83 Å². The monoisotopic (exact) mass is 722 g/mol. The zero-order valence-corrected chi connectivity index (χ0v) is 30.3. The maximum Gasteiger partial charge on any atom is 0.143 e. The molecular weight excluding hydrogens is 697 g/mol. The summed E-state index contributed by atoms with van der Waals surface area (Å²) < 4.78 is 18.6. The lowest BCUT2D eigenvalue weighted by atomic mass is 9.91. The van der Waals surface area contributed by atoms with Crippen LogP contribution in [0.3, 0.4) is 0 Å². The minimum Gasteiger partial charge on any atom is -0.455 e. The van der Waals surface area contributed by atoms with Crippen LogP contribution in [0.2, 0.25) is 0 Å². The molecule has 0 aliphatic carbocycles. The van der Waals surface area contributed by atoms with E-state index in [-0.39, 0.29) is 0 Å². The first-order valence-corrected chi connectivity index (χ1v) is 19.9. The van der Waals surface area contributed by atoms with Gasteiger partial charge in [0.15, 0.2) is 0 Å². The molecule has 0 aliphatic heterocycles. The summed E-state index contributed by atoms with van der Waals surface area (Å²) >= 11 is 3.73. The molecule has 0 aliphatic rings. The van der Waals surface area contributed by atoms with Gasteiger partial charge in [0.2, 0.25) is 0 Å². The topological polar surface area (TPSA) is 26.3 Å². The maximum atomic E-state index is 6.72. The molecule has 9 aromatic carbocycles. The zero-order chi connectivity index (χ0) is 35.1. The number of fused-ring (bicyclic) bond motifs is 18. The highest BCUT2D eigenvalue weighted by molar-refractivity contribution is 7.27. The molecule has 0 unspecified atom stereocenters. The van der Waals surface area contributed by atoms with Crippen LogP contribution in [-0.2, 0) is 0 Å². The summed E-state index contributed by atoms with van der Waals surface area (Å²) in [6.07, 6.45) is 0. The number of hydrogen-bond donors (Lipinski definition) is 0. The molecule has 0 saturated carbocycles. The number of benzene rings is 9. The minimum absolute atomic E-state index is 0.909. The molecule has 0 N–H and O–H groups in total. The van der Waals surface area contributed by atoms with Gasteiger partial charge in [0.05, 0.1) is 0 Å². The highest BCUT2D eigenvalue weighted by Crippen LogP contribution is 2.48. The van der Waals surface area contributed by atoms with Crippen LogP contribution < -0.4 is 0 Å². The van der Waals surface area contributed by atoms with Crippen LogP contribution in [0.15, 0.2) is 167 Å². The van der Waals surface area contributed by atoms with Crippen LogP contribution in [0.5, 0.6) is 0 Å². The molecule has 0 amide bonds.